The second-order valence-electron chi connectivity index (χ2n) is 5.54. The molecule has 1 aliphatic heterocycles. The fourth-order valence-corrected chi connectivity index (χ4v) is 2.67. The number of benzene rings is 1. The number of halogens is 1. The van der Waals surface area contributed by atoms with E-state index in [0.717, 1.165) is 32.7 Å². The molecule has 0 atom stereocenters. The molecule has 5 nitrogen and oxygen atoms in total. The van der Waals surface area contributed by atoms with E-state index >= 15 is 0 Å². The molecule has 1 aliphatic rings. The van der Waals surface area contributed by atoms with Crippen molar-refractivity contribution in [1.82, 2.24) is 9.80 Å². The summed E-state index contributed by atoms with van der Waals surface area (Å²) in [5.41, 5.74) is 0.863. The Morgan fingerprint density at radius 3 is 2.55 bits per heavy atom. The molecule has 0 bridgehead atoms. The number of aliphatic hydroxyl groups is 1. The van der Waals surface area contributed by atoms with Crippen molar-refractivity contribution in [3.8, 4) is 0 Å². The van der Waals surface area contributed by atoms with Gasteiger partial charge in [0.15, 0.2) is 0 Å². The number of nitrogens with zero attached hydrogens (tertiary/aromatic N) is 3. The van der Waals surface area contributed by atoms with Gasteiger partial charge in [-0.15, -0.1) is 0 Å². The monoisotopic (exact) mass is 309 g/mol. The predicted octanol–water partition coefficient (Wildman–Crippen LogP) is 1.03. The molecular weight excluding hydrogens is 285 g/mol. The number of carbonyl (C=O) groups is 1. The molecule has 1 aromatic carbocycles. The first kappa shape index (κ1) is 16.7. The summed E-state index contributed by atoms with van der Waals surface area (Å²) in [7, 11) is 1.59. The molecule has 1 saturated heterocycles. The van der Waals surface area contributed by atoms with Gasteiger partial charge < -0.3 is 19.8 Å². The van der Waals surface area contributed by atoms with Crippen molar-refractivity contribution in [3.05, 3.63) is 29.6 Å². The molecule has 1 heterocycles. The zero-order chi connectivity index (χ0) is 16.1. The van der Waals surface area contributed by atoms with Crippen molar-refractivity contribution in [3.63, 3.8) is 0 Å². The number of hydrogen-bond acceptors (Lipinski definition) is 4. The Morgan fingerprint density at radius 1 is 1.32 bits per heavy atom. The normalized spacial score (nSPS) is 15.9. The van der Waals surface area contributed by atoms with Crippen LogP contribution in [0.5, 0.6) is 0 Å². The highest BCUT2D eigenvalue weighted by molar-refractivity contribution is 5.94. The van der Waals surface area contributed by atoms with E-state index in [1.54, 1.807) is 19.2 Å². The maximum atomic E-state index is 14.3. The van der Waals surface area contributed by atoms with Crippen molar-refractivity contribution in [2.24, 2.45) is 0 Å². The van der Waals surface area contributed by atoms with E-state index in [1.807, 2.05) is 4.90 Å². The minimum absolute atomic E-state index is 0.107. The van der Waals surface area contributed by atoms with Gasteiger partial charge >= 0.3 is 0 Å². The van der Waals surface area contributed by atoms with Crippen LogP contribution in [-0.2, 0) is 0 Å². The molecule has 2 rings (SSSR count). The summed E-state index contributed by atoms with van der Waals surface area (Å²) in [6.07, 6.45) is 0. The molecule has 6 heteroatoms. The third-order valence-corrected chi connectivity index (χ3v) is 4.14. The Balaban J connectivity index is 2.08. The SMILES string of the molecule is CCN1CCN(c2ccc(C(=O)N(C)CCO)cc2F)CC1. The Hall–Kier alpha value is -1.66. The number of piperazine rings is 1. The summed E-state index contributed by atoms with van der Waals surface area (Å²) >= 11 is 0. The highest BCUT2D eigenvalue weighted by Gasteiger charge is 2.20. The summed E-state index contributed by atoms with van der Waals surface area (Å²) in [4.78, 5) is 17.8. The van der Waals surface area contributed by atoms with Crippen LogP contribution >= 0.6 is 0 Å². The minimum Gasteiger partial charge on any atom is -0.395 e. The van der Waals surface area contributed by atoms with Crippen LogP contribution in [0.1, 0.15) is 17.3 Å². The number of carbonyl (C=O) groups excluding carboxylic acids is 1. The topological polar surface area (TPSA) is 47.0 Å². The molecule has 22 heavy (non-hydrogen) atoms. The van der Waals surface area contributed by atoms with Crippen LogP contribution in [0.3, 0.4) is 0 Å². The average Bonchev–Trinajstić information content (AvgIpc) is 2.54. The van der Waals surface area contributed by atoms with Gasteiger partial charge in [-0.1, -0.05) is 6.92 Å². The summed E-state index contributed by atoms with van der Waals surface area (Å²) < 4.78 is 14.3. The van der Waals surface area contributed by atoms with Crippen molar-refractivity contribution in [1.29, 1.82) is 0 Å². The van der Waals surface area contributed by atoms with E-state index in [4.69, 9.17) is 5.11 Å². The smallest absolute Gasteiger partial charge is 0.253 e. The van der Waals surface area contributed by atoms with Crippen LogP contribution in [-0.4, -0.2) is 73.7 Å². The van der Waals surface area contributed by atoms with Gasteiger partial charge in [0.2, 0.25) is 0 Å². The Kier molecular flexibility index (Phi) is 5.74. The van der Waals surface area contributed by atoms with Crippen molar-refractivity contribution < 1.29 is 14.3 Å². The van der Waals surface area contributed by atoms with Crippen molar-refractivity contribution in [2.45, 2.75) is 6.92 Å². The van der Waals surface area contributed by atoms with E-state index in [0.29, 0.717) is 11.3 Å². The van der Waals surface area contributed by atoms with E-state index in [9.17, 15) is 9.18 Å². The lowest BCUT2D eigenvalue weighted by Crippen LogP contribution is -2.46. The van der Waals surface area contributed by atoms with Crippen LogP contribution in [0.25, 0.3) is 0 Å². The van der Waals surface area contributed by atoms with Gasteiger partial charge in [-0.05, 0) is 24.7 Å². The van der Waals surface area contributed by atoms with E-state index < -0.39 is 0 Å². The summed E-state index contributed by atoms with van der Waals surface area (Å²) in [6, 6.07) is 4.62. The number of aliphatic hydroxyl groups excluding tert-OH is 1. The van der Waals surface area contributed by atoms with Crippen LogP contribution in [0, 0.1) is 5.82 Å². The van der Waals surface area contributed by atoms with Gasteiger partial charge in [0.1, 0.15) is 5.82 Å². The molecule has 0 unspecified atom stereocenters. The molecule has 0 saturated carbocycles. The van der Waals surface area contributed by atoms with Gasteiger partial charge in [0.25, 0.3) is 5.91 Å². The van der Waals surface area contributed by atoms with E-state index in [-0.39, 0.29) is 24.9 Å². The van der Waals surface area contributed by atoms with Crippen molar-refractivity contribution in [2.75, 3.05) is 57.8 Å². The van der Waals surface area contributed by atoms with Gasteiger partial charge in [0.05, 0.1) is 12.3 Å². The predicted molar refractivity (Wildman–Crippen MR) is 84.8 cm³/mol. The lowest BCUT2D eigenvalue weighted by Gasteiger charge is -2.35. The largest absolute Gasteiger partial charge is 0.395 e. The quantitative estimate of drug-likeness (QED) is 0.882. The molecule has 0 aliphatic carbocycles. The molecule has 1 N–H and O–H groups in total. The first-order valence-electron chi connectivity index (χ1n) is 7.70. The maximum absolute atomic E-state index is 14.3. The molecule has 1 fully saturated rings. The van der Waals surface area contributed by atoms with Crippen molar-refractivity contribution >= 4 is 11.6 Å². The second kappa shape index (κ2) is 7.56. The van der Waals surface area contributed by atoms with Gasteiger partial charge in [-0.2, -0.15) is 0 Å². The van der Waals surface area contributed by atoms with Gasteiger partial charge in [-0.3, -0.25) is 4.79 Å². The second-order valence-corrected chi connectivity index (χ2v) is 5.54. The molecular formula is C16H24FN3O2. The number of rotatable bonds is 5. The highest BCUT2D eigenvalue weighted by atomic mass is 19.1. The third-order valence-electron chi connectivity index (χ3n) is 4.14. The first-order valence-corrected chi connectivity index (χ1v) is 7.70. The molecule has 0 aromatic heterocycles. The van der Waals surface area contributed by atoms with E-state index in [2.05, 4.69) is 11.8 Å². The number of anilines is 1. The number of hydrogen-bond donors (Lipinski definition) is 1. The lowest BCUT2D eigenvalue weighted by atomic mass is 10.1. The van der Waals surface area contributed by atoms with Crippen LogP contribution in [0.4, 0.5) is 10.1 Å². The zero-order valence-electron chi connectivity index (χ0n) is 13.3. The fraction of sp³-hybridized carbons (Fsp3) is 0.562. The fourth-order valence-electron chi connectivity index (χ4n) is 2.67. The molecule has 0 radical (unpaired) electrons. The maximum Gasteiger partial charge on any atom is 0.253 e. The highest BCUT2D eigenvalue weighted by Crippen LogP contribution is 2.22. The average molecular weight is 309 g/mol. The summed E-state index contributed by atoms with van der Waals surface area (Å²) in [5.74, 6) is -0.650. The summed E-state index contributed by atoms with van der Waals surface area (Å²) in [6.45, 7) is 6.71. The van der Waals surface area contributed by atoms with Gasteiger partial charge in [0, 0.05) is 45.3 Å². The zero-order valence-corrected chi connectivity index (χ0v) is 13.3. The molecule has 1 aromatic rings. The lowest BCUT2D eigenvalue weighted by molar-refractivity contribution is 0.0766. The third kappa shape index (κ3) is 3.75. The molecule has 0 spiro atoms. The molecule has 122 valence electrons. The Morgan fingerprint density at radius 2 is 2.00 bits per heavy atom. The Bertz CT molecular complexity index is 516. The standard InChI is InChI=1S/C16H24FN3O2/c1-3-19-6-8-20(9-7-19)15-5-4-13(12-14(15)17)16(22)18(2)10-11-21/h4-5,12,21H,3,6-11H2,1-2H3. The Labute approximate surface area is 130 Å². The van der Waals surface area contributed by atoms with Crippen LogP contribution in [0.15, 0.2) is 18.2 Å². The first-order chi connectivity index (χ1) is 10.6. The number of likely N-dealkylation sites (N-methyl/N-ethyl adjacent to an activating group) is 2. The minimum atomic E-state index is -0.367. The van der Waals surface area contributed by atoms with Crippen LogP contribution in [0.2, 0.25) is 0 Å². The number of amides is 1. The van der Waals surface area contributed by atoms with E-state index in [1.165, 1.54) is 11.0 Å². The van der Waals surface area contributed by atoms with Crippen LogP contribution < -0.4 is 4.90 Å². The summed E-state index contributed by atoms with van der Waals surface area (Å²) in [5, 5.41) is 8.86. The molecule has 1 amide bonds. The van der Waals surface area contributed by atoms with Gasteiger partial charge in [-0.25, -0.2) is 4.39 Å².